The Labute approximate surface area is 266 Å². The van der Waals surface area contributed by atoms with Crippen LogP contribution in [0.1, 0.15) is 29.3 Å². The van der Waals surface area contributed by atoms with Crippen LogP contribution in [-0.2, 0) is 43.2 Å². The highest BCUT2D eigenvalue weighted by Crippen LogP contribution is 2.23. The molecular weight excluding hydrogens is 609 g/mol. The highest BCUT2D eigenvalue weighted by atomic mass is 35.5. The number of rotatable bonds is 14. The molecule has 0 N–H and O–H groups in total. The van der Waals surface area contributed by atoms with Gasteiger partial charge in [0.25, 0.3) is 0 Å². The topological polar surface area (TPSA) is 87.2 Å². The average Bonchev–Trinajstić information content (AvgIpc) is 3.51. The standard InChI is InChI=1S/C32H35Cl2N3O5S/c1-2-42-31(40)22-35(16-13-24-10-11-25(33)19-27(24)34)29(38)20-28-32(41)36(15-12-23-7-4-3-5-8-23)21-30(39)37(28)17-14-26-9-6-18-43-26/h3-11,18-19,28H,2,12-17,20-22H2,1H3. The number of hydrogen-bond acceptors (Lipinski definition) is 6. The van der Waals surface area contributed by atoms with E-state index in [-0.39, 0.29) is 44.5 Å². The number of carbonyl (C=O) groups is 4. The third-order valence-corrected chi connectivity index (χ3v) is 8.85. The molecule has 0 radical (unpaired) electrons. The van der Waals surface area contributed by atoms with E-state index in [1.807, 2.05) is 47.8 Å². The number of ether oxygens (including phenoxy) is 1. The summed E-state index contributed by atoms with van der Waals surface area (Å²) < 4.78 is 5.12. The minimum absolute atomic E-state index is 0.0393. The second kappa shape index (κ2) is 15.9. The molecule has 3 aromatic rings. The molecule has 0 aliphatic carbocycles. The Kier molecular flexibility index (Phi) is 12.0. The Morgan fingerprint density at radius 2 is 1.79 bits per heavy atom. The molecule has 3 amide bonds. The Morgan fingerprint density at radius 3 is 2.49 bits per heavy atom. The van der Waals surface area contributed by atoms with Crippen molar-refractivity contribution in [3.8, 4) is 0 Å². The molecule has 1 saturated heterocycles. The average molecular weight is 645 g/mol. The zero-order chi connectivity index (χ0) is 30.8. The zero-order valence-electron chi connectivity index (χ0n) is 24.0. The minimum atomic E-state index is -0.978. The van der Waals surface area contributed by atoms with E-state index in [0.717, 1.165) is 16.0 Å². The summed E-state index contributed by atoms with van der Waals surface area (Å²) in [6.07, 6.45) is 1.29. The van der Waals surface area contributed by atoms with E-state index < -0.39 is 17.9 Å². The SMILES string of the molecule is CCOC(=O)CN(CCc1ccc(Cl)cc1Cl)C(=O)CC1C(=O)N(CCc2ccccc2)CC(=O)N1CCc1cccs1. The van der Waals surface area contributed by atoms with Gasteiger partial charge in [-0.05, 0) is 60.9 Å². The summed E-state index contributed by atoms with van der Waals surface area (Å²) >= 11 is 14.0. The largest absolute Gasteiger partial charge is 0.465 e. The molecule has 1 unspecified atom stereocenters. The quantitative estimate of drug-likeness (QED) is 0.233. The van der Waals surface area contributed by atoms with Crippen LogP contribution >= 0.6 is 34.5 Å². The summed E-state index contributed by atoms with van der Waals surface area (Å²) in [5.74, 6) is -1.45. The molecule has 0 spiro atoms. The maximum absolute atomic E-state index is 13.8. The first-order valence-electron chi connectivity index (χ1n) is 14.3. The highest BCUT2D eigenvalue weighted by molar-refractivity contribution is 7.09. The van der Waals surface area contributed by atoms with Crippen LogP contribution in [0.2, 0.25) is 10.0 Å². The molecule has 228 valence electrons. The number of amides is 3. The summed E-state index contributed by atoms with van der Waals surface area (Å²) in [6, 6.07) is 17.8. The summed E-state index contributed by atoms with van der Waals surface area (Å²) in [4.78, 5) is 59.0. The van der Waals surface area contributed by atoms with Gasteiger partial charge >= 0.3 is 5.97 Å². The molecule has 1 atom stereocenters. The van der Waals surface area contributed by atoms with Crippen LogP contribution in [0.3, 0.4) is 0 Å². The number of nitrogens with zero attached hydrogens (tertiary/aromatic N) is 3. The number of hydrogen-bond donors (Lipinski definition) is 0. The van der Waals surface area contributed by atoms with Crippen LogP contribution < -0.4 is 0 Å². The van der Waals surface area contributed by atoms with Crippen molar-refractivity contribution in [2.24, 2.45) is 0 Å². The fourth-order valence-electron chi connectivity index (χ4n) is 5.04. The van der Waals surface area contributed by atoms with Gasteiger partial charge in [0.05, 0.1) is 19.6 Å². The first-order valence-corrected chi connectivity index (χ1v) is 15.9. The molecule has 1 aromatic heterocycles. The van der Waals surface area contributed by atoms with Gasteiger partial charge in [-0.3, -0.25) is 19.2 Å². The van der Waals surface area contributed by atoms with Crippen LogP contribution in [0.15, 0.2) is 66.0 Å². The maximum atomic E-state index is 13.8. The third kappa shape index (κ3) is 9.29. The van der Waals surface area contributed by atoms with E-state index in [9.17, 15) is 19.2 Å². The number of piperazine rings is 1. The lowest BCUT2D eigenvalue weighted by molar-refractivity contribution is -0.158. The molecule has 1 aliphatic rings. The van der Waals surface area contributed by atoms with Crippen LogP contribution in [0, 0.1) is 0 Å². The molecule has 1 fully saturated rings. The summed E-state index contributed by atoms with van der Waals surface area (Å²) in [7, 11) is 0. The normalized spacial score (nSPS) is 15.1. The Bertz CT molecular complexity index is 1400. The van der Waals surface area contributed by atoms with Gasteiger partial charge in [-0.15, -0.1) is 11.3 Å². The van der Waals surface area contributed by atoms with Crippen LogP contribution in [0.5, 0.6) is 0 Å². The van der Waals surface area contributed by atoms with Crippen molar-refractivity contribution in [2.45, 2.75) is 38.6 Å². The molecule has 8 nitrogen and oxygen atoms in total. The number of benzene rings is 2. The van der Waals surface area contributed by atoms with Crippen molar-refractivity contribution < 1.29 is 23.9 Å². The lowest BCUT2D eigenvalue weighted by Crippen LogP contribution is -2.61. The minimum Gasteiger partial charge on any atom is -0.465 e. The molecule has 4 rings (SSSR count). The number of halogens is 2. The van der Waals surface area contributed by atoms with Crippen molar-refractivity contribution in [2.75, 3.05) is 39.3 Å². The monoisotopic (exact) mass is 643 g/mol. The van der Waals surface area contributed by atoms with Crippen molar-refractivity contribution in [1.29, 1.82) is 0 Å². The molecular formula is C32H35Cl2N3O5S. The molecule has 1 aliphatic heterocycles. The zero-order valence-corrected chi connectivity index (χ0v) is 26.4. The summed E-state index contributed by atoms with van der Waals surface area (Å²) in [6.45, 7) is 2.39. The molecule has 2 aromatic carbocycles. The number of esters is 1. The smallest absolute Gasteiger partial charge is 0.325 e. The van der Waals surface area contributed by atoms with E-state index in [0.29, 0.717) is 42.4 Å². The predicted octanol–water partition coefficient (Wildman–Crippen LogP) is 4.90. The van der Waals surface area contributed by atoms with Gasteiger partial charge in [0.1, 0.15) is 12.6 Å². The van der Waals surface area contributed by atoms with Gasteiger partial charge in [0.15, 0.2) is 0 Å². The van der Waals surface area contributed by atoms with Crippen molar-refractivity contribution in [3.05, 3.63) is 92.1 Å². The fraction of sp³-hybridized carbons (Fsp3) is 0.375. The Morgan fingerprint density at radius 1 is 1.00 bits per heavy atom. The van der Waals surface area contributed by atoms with Gasteiger partial charge < -0.3 is 19.4 Å². The van der Waals surface area contributed by atoms with Gasteiger partial charge in [0.2, 0.25) is 17.7 Å². The van der Waals surface area contributed by atoms with Crippen LogP contribution in [0.25, 0.3) is 0 Å². The predicted molar refractivity (Wildman–Crippen MR) is 168 cm³/mol. The first kappa shape index (κ1) is 32.5. The lowest BCUT2D eigenvalue weighted by atomic mass is 10.0. The summed E-state index contributed by atoms with van der Waals surface area (Å²) in [5.41, 5.74) is 1.82. The van der Waals surface area contributed by atoms with Gasteiger partial charge in [-0.1, -0.05) is 65.7 Å². The Balaban J connectivity index is 1.52. The van der Waals surface area contributed by atoms with Gasteiger partial charge in [-0.2, -0.15) is 0 Å². The van der Waals surface area contributed by atoms with Crippen molar-refractivity contribution in [1.82, 2.24) is 14.7 Å². The van der Waals surface area contributed by atoms with Gasteiger partial charge in [-0.25, -0.2) is 0 Å². The number of thiophene rings is 1. The molecule has 0 saturated carbocycles. The van der Waals surface area contributed by atoms with Crippen molar-refractivity contribution >= 4 is 58.2 Å². The Hall–Kier alpha value is -3.40. The fourth-order valence-corrected chi connectivity index (χ4v) is 6.24. The first-order chi connectivity index (χ1) is 20.7. The second-order valence-corrected chi connectivity index (χ2v) is 12.1. The van der Waals surface area contributed by atoms with E-state index in [1.54, 1.807) is 36.5 Å². The molecule has 0 bridgehead atoms. The molecule has 2 heterocycles. The molecule has 11 heteroatoms. The molecule has 43 heavy (non-hydrogen) atoms. The maximum Gasteiger partial charge on any atom is 0.325 e. The van der Waals surface area contributed by atoms with E-state index in [4.69, 9.17) is 27.9 Å². The van der Waals surface area contributed by atoms with E-state index >= 15 is 0 Å². The second-order valence-electron chi connectivity index (χ2n) is 10.2. The van der Waals surface area contributed by atoms with Crippen LogP contribution in [-0.4, -0.2) is 83.8 Å². The van der Waals surface area contributed by atoms with E-state index in [2.05, 4.69) is 0 Å². The third-order valence-electron chi connectivity index (χ3n) is 7.32. The summed E-state index contributed by atoms with van der Waals surface area (Å²) in [5, 5.41) is 2.91. The van der Waals surface area contributed by atoms with E-state index in [1.165, 1.54) is 14.7 Å². The van der Waals surface area contributed by atoms with Crippen LogP contribution in [0.4, 0.5) is 0 Å². The van der Waals surface area contributed by atoms with Gasteiger partial charge in [0, 0.05) is 34.6 Å². The lowest BCUT2D eigenvalue weighted by Gasteiger charge is -2.40. The number of carbonyl (C=O) groups excluding carboxylic acids is 4. The van der Waals surface area contributed by atoms with Crippen molar-refractivity contribution in [3.63, 3.8) is 0 Å². The highest BCUT2D eigenvalue weighted by Gasteiger charge is 2.41.